The lowest BCUT2D eigenvalue weighted by atomic mass is 10.0. The monoisotopic (exact) mass is 471 g/mol. The molecule has 2 aromatic carbocycles. The van der Waals surface area contributed by atoms with E-state index in [1.807, 2.05) is 12.1 Å². The lowest BCUT2D eigenvalue weighted by Gasteiger charge is -2.26. The molecule has 0 radical (unpaired) electrons. The summed E-state index contributed by atoms with van der Waals surface area (Å²) in [4.78, 5) is 18.8. The Labute approximate surface area is 205 Å². The van der Waals surface area contributed by atoms with E-state index >= 15 is 0 Å². The van der Waals surface area contributed by atoms with E-state index in [9.17, 15) is 9.18 Å². The quantitative estimate of drug-likeness (QED) is 0.352. The molecular formula is C29H30FN3O2. The van der Waals surface area contributed by atoms with E-state index < -0.39 is 0 Å². The summed E-state index contributed by atoms with van der Waals surface area (Å²) in [5.41, 5.74) is 5.36. The van der Waals surface area contributed by atoms with E-state index in [1.165, 1.54) is 28.7 Å². The van der Waals surface area contributed by atoms with Crippen LogP contribution in [0.5, 0.6) is 0 Å². The number of pyridine rings is 1. The van der Waals surface area contributed by atoms with E-state index in [1.54, 1.807) is 6.20 Å². The third-order valence-corrected chi connectivity index (χ3v) is 6.67. The number of carbonyl (C=O) groups is 1. The number of benzene rings is 2. The second-order valence-corrected chi connectivity index (χ2v) is 9.14. The highest BCUT2D eigenvalue weighted by Crippen LogP contribution is 2.26. The highest BCUT2D eigenvalue weighted by atomic mass is 19.1. The molecule has 5 rings (SSSR count). The molecule has 5 nitrogen and oxygen atoms in total. The number of Topliss-reactive ketones (excluding diaryl/α,β-unsaturated/α-hetero) is 1. The number of carbonyl (C=O) groups excluding carboxylic acids is 1. The number of hydrogen-bond acceptors (Lipinski definition) is 4. The van der Waals surface area contributed by atoms with Gasteiger partial charge in [-0.25, -0.2) is 4.39 Å². The molecule has 0 atom stereocenters. The highest BCUT2D eigenvalue weighted by Gasteiger charge is 2.14. The molecule has 0 bridgehead atoms. The minimum Gasteiger partial charge on any atom is -0.379 e. The van der Waals surface area contributed by atoms with E-state index in [0.29, 0.717) is 19.3 Å². The molecule has 0 amide bonds. The zero-order chi connectivity index (χ0) is 24.0. The zero-order valence-corrected chi connectivity index (χ0v) is 19.8. The number of halogens is 1. The number of aryl methyl sites for hydroxylation is 1. The summed E-state index contributed by atoms with van der Waals surface area (Å²) >= 11 is 0. The van der Waals surface area contributed by atoms with Gasteiger partial charge in [0.05, 0.1) is 24.9 Å². The molecule has 2 aromatic heterocycles. The number of fused-ring (bicyclic) bond motifs is 1. The second-order valence-electron chi connectivity index (χ2n) is 9.14. The summed E-state index contributed by atoms with van der Waals surface area (Å²) in [7, 11) is 0. The van der Waals surface area contributed by atoms with Gasteiger partial charge in [-0.1, -0.05) is 30.3 Å². The van der Waals surface area contributed by atoms with Gasteiger partial charge >= 0.3 is 0 Å². The molecule has 1 aliphatic rings. The van der Waals surface area contributed by atoms with Gasteiger partial charge in [-0.3, -0.25) is 14.7 Å². The first-order valence-electron chi connectivity index (χ1n) is 12.3. The van der Waals surface area contributed by atoms with Crippen LogP contribution in [0.25, 0.3) is 16.6 Å². The van der Waals surface area contributed by atoms with E-state index in [4.69, 9.17) is 4.74 Å². The number of rotatable bonds is 9. The molecule has 1 fully saturated rings. The van der Waals surface area contributed by atoms with Crippen LogP contribution in [-0.2, 0) is 28.8 Å². The molecule has 1 saturated heterocycles. The van der Waals surface area contributed by atoms with E-state index in [-0.39, 0.29) is 11.6 Å². The summed E-state index contributed by atoms with van der Waals surface area (Å²) in [6.45, 7) is 4.66. The molecule has 0 aliphatic carbocycles. The number of ketones is 1. The van der Waals surface area contributed by atoms with Gasteiger partial charge in [-0.05, 0) is 53.8 Å². The van der Waals surface area contributed by atoms with Crippen LogP contribution in [0.1, 0.15) is 23.1 Å². The Morgan fingerprint density at radius 3 is 2.57 bits per heavy atom. The van der Waals surface area contributed by atoms with Crippen LogP contribution in [-0.4, -0.2) is 53.1 Å². The van der Waals surface area contributed by atoms with Gasteiger partial charge in [-0.15, -0.1) is 0 Å². The van der Waals surface area contributed by atoms with Crippen molar-refractivity contribution in [2.45, 2.75) is 25.7 Å². The van der Waals surface area contributed by atoms with Gasteiger partial charge in [0.15, 0.2) is 0 Å². The normalized spacial score (nSPS) is 14.4. The van der Waals surface area contributed by atoms with Crippen molar-refractivity contribution in [3.05, 3.63) is 95.7 Å². The average Bonchev–Trinajstić information content (AvgIpc) is 3.26. The van der Waals surface area contributed by atoms with Gasteiger partial charge in [0, 0.05) is 55.9 Å². The number of ether oxygens (including phenoxy) is 1. The minimum atomic E-state index is -0.368. The molecule has 4 aromatic rings. The minimum absolute atomic E-state index is 0.138. The predicted molar refractivity (Wildman–Crippen MR) is 135 cm³/mol. The Morgan fingerprint density at radius 2 is 1.77 bits per heavy atom. The first-order valence-corrected chi connectivity index (χ1v) is 12.3. The SMILES string of the molecule is O=C(CCc1cncc(F)c1)Cc1ccc(-n2cc(CCN3CCOCC3)c3ccccc32)cc1. The molecule has 0 saturated carbocycles. The largest absolute Gasteiger partial charge is 0.379 e. The first-order chi connectivity index (χ1) is 17.2. The average molecular weight is 472 g/mol. The number of morpholine rings is 1. The van der Waals surface area contributed by atoms with E-state index in [2.05, 4.69) is 57.0 Å². The second kappa shape index (κ2) is 10.9. The van der Waals surface area contributed by atoms with Crippen LogP contribution >= 0.6 is 0 Å². The summed E-state index contributed by atoms with van der Waals surface area (Å²) in [5, 5.41) is 1.28. The molecule has 180 valence electrons. The zero-order valence-electron chi connectivity index (χ0n) is 19.8. The molecule has 1 aliphatic heterocycles. The van der Waals surface area contributed by atoms with Gasteiger partial charge in [-0.2, -0.15) is 0 Å². The molecule has 6 heteroatoms. The fourth-order valence-corrected chi connectivity index (χ4v) is 4.73. The fourth-order valence-electron chi connectivity index (χ4n) is 4.73. The van der Waals surface area contributed by atoms with Crippen molar-refractivity contribution >= 4 is 16.7 Å². The third kappa shape index (κ3) is 5.84. The molecule has 0 unspecified atom stereocenters. The van der Waals surface area contributed by atoms with E-state index in [0.717, 1.165) is 56.1 Å². The highest BCUT2D eigenvalue weighted by molar-refractivity contribution is 5.86. The number of aromatic nitrogens is 2. The van der Waals surface area contributed by atoms with Crippen molar-refractivity contribution in [3.8, 4) is 5.69 Å². The summed E-state index contributed by atoms with van der Waals surface area (Å²) in [5.74, 6) is -0.230. The van der Waals surface area contributed by atoms with Crippen LogP contribution in [0, 0.1) is 5.82 Å². The van der Waals surface area contributed by atoms with Gasteiger partial charge in [0.2, 0.25) is 0 Å². The number of hydrogen-bond donors (Lipinski definition) is 0. The van der Waals surface area contributed by atoms with Crippen molar-refractivity contribution < 1.29 is 13.9 Å². The van der Waals surface area contributed by atoms with Crippen LogP contribution < -0.4 is 0 Å². The van der Waals surface area contributed by atoms with Crippen molar-refractivity contribution in [2.24, 2.45) is 0 Å². The Balaban J connectivity index is 1.25. The standard InChI is InChI=1S/C29H30FN3O2/c30-25-17-23(19-31-20-25)7-10-27(34)18-22-5-8-26(9-6-22)33-21-24(28-3-1-2-4-29(28)33)11-12-32-13-15-35-16-14-32/h1-6,8-9,17,19-21H,7,10-16,18H2. The van der Waals surface area contributed by atoms with Crippen LogP contribution in [0.2, 0.25) is 0 Å². The maximum absolute atomic E-state index is 13.3. The first kappa shape index (κ1) is 23.4. The Kier molecular flexibility index (Phi) is 7.31. The predicted octanol–water partition coefficient (Wildman–Crippen LogP) is 4.78. The maximum Gasteiger partial charge on any atom is 0.141 e. The fraction of sp³-hybridized carbons (Fsp3) is 0.310. The van der Waals surface area contributed by atoms with Gasteiger partial charge in [0.1, 0.15) is 11.6 Å². The van der Waals surface area contributed by atoms with Crippen molar-refractivity contribution in [3.63, 3.8) is 0 Å². The Bertz CT molecular complexity index is 1290. The van der Waals surface area contributed by atoms with Crippen molar-refractivity contribution in [1.29, 1.82) is 0 Å². The van der Waals surface area contributed by atoms with Crippen molar-refractivity contribution in [1.82, 2.24) is 14.5 Å². The smallest absolute Gasteiger partial charge is 0.141 e. The van der Waals surface area contributed by atoms with Gasteiger partial charge in [0.25, 0.3) is 0 Å². The topological polar surface area (TPSA) is 47.4 Å². The molecular weight excluding hydrogens is 441 g/mol. The Morgan fingerprint density at radius 1 is 0.971 bits per heavy atom. The van der Waals surface area contributed by atoms with Crippen LogP contribution in [0.4, 0.5) is 4.39 Å². The molecule has 0 spiro atoms. The summed E-state index contributed by atoms with van der Waals surface area (Å²) < 4.78 is 21.0. The van der Waals surface area contributed by atoms with Crippen LogP contribution in [0.15, 0.2) is 73.2 Å². The van der Waals surface area contributed by atoms with Gasteiger partial charge < -0.3 is 9.30 Å². The maximum atomic E-state index is 13.3. The molecule has 0 N–H and O–H groups in total. The van der Waals surface area contributed by atoms with Crippen molar-refractivity contribution in [2.75, 3.05) is 32.8 Å². The third-order valence-electron chi connectivity index (χ3n) is 6.67. The van der Waals surface area contributed by atoms with Crippen LogP contribution in [0.3, 0.4) is 0 Å². The summed E-state index contributed by atoms with van der Waals surface area (Å²) in [6.07, 6.45) is 7.29. The summed E-state index contributed by atoms with van der Waals surface area (Å²) in [6, 6.07) is 18.2. The number of para-hydroxylation sites is 1. The number of nitrogens with zero attached hydrogens (tertiary/aromatic N) is 3. The molecule has 35 heavy (non-hydrogen) atoms. The lowest BCUT2D eigenvalue weighted by molar-refractivity contribution is -0.118. The lowest BCUT2D eigenvalue weighted by Crippen LogP contribution is -2.37. The Hall–Kier alpha value is -3.35. The molecule has 3 heterocycles.